The minimum absolute atomic E-state index is 0. The van der Waals surface area contributed by atoms with Crippen LogP contribution in [0.15, 0.2) is 48.5 Å². The number of halogens is 1. The van der Waals surface area contributed by atoms with Crippen LogP contribution in [0.5, 0.6) is 5.75 Å². The number of para-hydroxylation sites is 2. The number of anilines is 2. The van der Waals surface area contributed by atoms with Gasteiger partial charge in [-0.15, -0.1) is 12.4 Å². The zero-order valence-corrected chi connectivity index (χ0v) is 20.5. The number of unbranched alkanes of at least 4 members (excludes halogenated alkanes) is 1. The zero-order valence-electron chi connectivity index (χ0n) is 19.7. The highest BCUT2D eigenvalue weighted by molar-refractivity contribution is 5.90. The van der Waals surface area contributed by atoms with Crippen molar-refractivity contribution in [2.45, 2.75) is 45.4 Å². The molecule has 1 heterocycles. The third-order valence-electron chi connectivity index (χ3n) is 6.30. The van der Waals surface area contributed by atoms with Crippen molar-refractivity contribution in [2.75, 3.05) is 50.1 Å². The number of hydrogen-bond donors (Lipinski definition) is 1. The summed E-state index contributed by atoms with van der Waals surface area (Å²) in [6, 6.07) is 16.5. The lowest BCUT2D eigenvalue weighted by molar-refractivity contribution is -0.116. The predicted octanol–water partition coefficient (Wildman–Crippen LogP) is 5.56. The Morgan fingerprint density at radius 3 is 2.38 bits per heavy atom. The van der Waals surface area contributed by atoms with Gasteiger partial charge in [0.1, 0.15) is 5.75 Å². The summed E-state index contributed by atoms with van der Waals surface area (Å²) in [6.45, 7) is 9.59. The molecule has 1 saturated heterocycles. The van der Waals surface area contributed by atoms with E-state index in [1.165, 1.54) is 11.3 Å². The fraction of sp³-hybridized carbons (Fsp3) is 0.500. The van der Waals surface area contributed by atoms with E-state index in [0.29, 0.717) is 12.3 Å². The topological polar surface area (TPSA) is 44.8 Å². The molecule has 1 fully saturated rings. The van der Waals surface area contributed by atoms with Gasteiger partial charge in [-0.1, -0.05) is 38.1 Å². The van der Waals surface area contributed by atoms with Crippen LogP contribution in [0.4, 0.5) is 11.4 Å². The lowest BCUT2D eigenvalue weighted by Crippen LogP contribution is -2.46. The number of hydrogen-bond acceptors (Lipinski definition) is 4. The van der Waals surface area contributed by atoms with Crippen LogP contribution >= 0.6 is 12.4 Å². The van der Waals surface area contributed by atoms with Gasteiger partial charge in [0.2, 0.25) is 5.91 Å². The summed E-state index contributed by atoms with van der Waals surface area (Å²) in [5, 5.41) is 3.03. The summed E-state index contributed by atoms with van der Waals surface area (Å²) in [5.74, 6) is 1.61. The van der Waals surface area contributed by atoms with E-state index in [-0.39, 0.29) is 18.3 Å². The van der Waals surface area contributed by atoms with Gasteiger partial charge in [0.15, 0.2) is 0 Å². The molecule has 5 nitrogen and oxygen atoms in total. The molecule has 1 aliphatic rings. The molecule has 1 aliphatic heterocycles. The number of carbonyl (C=O) groups excluding carboxylic acids is 1. The molecule has 0 aliphatic carbocycles. The molecular formula is C26H38ClN3O2. The Balaban J connectivity index is 0.00000363. The first kappa shape index (κ1) is 26.0. The standard InChI is InChI=1S/C26H37N3O2.ClH/c1-4-21(2)22-12-14-23(15-13-22)27-26(30)11-7-8-16-28-17-19-29(20-18-28)24-9-5-6-10-25(24)31-3;/h5-6,9-10,12-15,21H,4,7-8,11,16-20H2,1-3H3,(H,27,30);1H. The Labute approximate surface area is 199 Å². The number of nitrogens with one attached hydrogen (secondary N) is 1. The van der Waals surface area contributed by atoms with Crippen LogP contribution in [0.1, 0.15) is 51.0 Å². The van der Waals surface area contributed by atoms with Crippen molar-refractivity contribution >= 4 is 29.7 Å². The second kappa shape index (κ2) is 13.3. The zero-order chi connectivity index (χ0) is 22.1. The SMILES string of the molecule is CCC(C)c1ccc(NC(=O)CCCCN2CCN(c3ccccc3OC)CC2)cc1.Cl. The highest BCUT2D eigenvalue weighted by atomic mass is 35.5. The molecule has 2 aromatic carbocycles. The van der Waals surface area contributed by atoms with Gasteiger partial charge >= 0.3 is 0 Å². The summed E-state index contributed by atoms with van der Waals surface area (Å²) >= 11 is 0. The first-order valence-corrected chi connectivity index (χ1v) is 11.6. The molecule has 1 N–H and O–H groups in total. The highest BCUT2D eigenvalue weighted by Crippen LogP contribution is 2.28. The predicted molar refractivity (Wildman–Crippen MR) is 137 cm³/mol. The molecule has 32 heavy (non-hydrogen) atoms. The maximum Gasteiger partial charge on any atom is 0.224 e. The van der Waals surface area contributed by atoms with Crippen LogP contribution in [0.3, 0.4) is 0 Å². The monoisotopic (exact) mass is 459 g/mol. The first-order valence-electron chi connectivity index (χ1n) is 11.6. The molecule has 1 atom stereocenters. The van der Waals surface area contributed by atoms with Crippen molar-refractivity contribution in [3.63, 3.8) is 0 Å². The van der Waals surface area contributed by atoms with E-state index in [2.05, 4.69) is 53.2 Å². The van der Waals surface area contributed by atoms with E-state index in [4.69, 9.17) is 4.74 Å². The summed E-state index contributed by atoms with van der Waals surface area (Å²) in [5.41, 5.74) is 3.40. The lowest BCUT2D eigenvalue weighted by Gasteiger charge is -2.36. The van der Waals surface area contributed by atoms with Crippen LogP contribution in [-0.2, 0) is 4.79 Å². The van der Waals surface area contributed by atoms with Gasteiger partial charge in [-0.25, -0.2) is 0 Å². The number of carbonyl (C=O) groups is 1. The minimum atomic E-state index is 0. The largest absolute Gasteiger partial charge is 0.495 e. The molecule has 0 radical (unpaired) electrons. The average molecular weight is 460 g/mol. The molecule has 1 unspecified atom stereocenters. The maximum absolute atomic E-state index is 12.3. The lowest BCUT2D eigenvalue weighted by atomic mass is 9.99. The summed E-state index contributed by atoms with van der Waals surface area (Å²) < 4.78 is 5.50. The van der Waals surface area contributed by atoms with Crippen molar-refractivity contribution in [3.05, 3.63) is 54.1 Å². The van der Waals surface area contributed by atoms with Gasteiger partial charge in [-0.05, 0) is 61.6 Å². The Kier molecular flexibility index (Phi) is 10.8. The molecular weight excluding hydrogens is 422 g/mol. The summed E-state index contributed by atoms with van der Waals surface area (Å²) in [6.07, 6.45) is 3.67. The van der Waals surface area contributed by atoms with Crippen LogP contribution in [0.2, 0.25) is 0 Å². The van der Waals surface area contributed by atoms with Crippen LogP contribution < -0.4 is 15.0 Å². The van der Waals surface area contributed by atoms with E-state index in [1.807, 2.05) is 24.3 Å². The molecule has 0 saturated carbocycles. The van der Waals surface area contributed by atoms with Crippen molar-refractivity contribution in [1.29, 1.82) is 0 Å². The molecule has 1 amide bonds. The van der Waals surface area contributed by atoms with E-state index in [9.17, 15) is 4.79 Å². The van der Waals surface area contributed by atoms with Crippen molar-refractivity contribution < 1.29 is 9.53 Å². The van der Waals surface area contributed by atoms with E-state index < -0.39 is 0 Å². The number of piperazine rings is 1. The molecule has 0 aromatic heterocycles. The number of nitrogens with zero attached hydrogens (tertiary/aromatic N) is 2. The maximum atomic E-state index is 12.3. The Morgan fingerprint density at radius 1 is 1.03 bits per heavy atom. The summed E-state index contributed by atoms with van der Waals surface area (Å²) in [7, 11) is 1.73. The summed E-state index contributed by atoms with van der Waals surface area (Å²) in [4.78, 5) is 17.2. The van der Waals surface area contributed by atoms with Crippen LogP contribution in [0, 0.1) is 0 Å². The Hall–Kier alpha value is -2.24. The van der Waals surface area contributed by atoms with Gasteiger partial charge in [0, 0.05) is 38.3 Å². The first-order chi connectivity index (χ1) is 15.1. The van der Waals surface area contributed by atoms with Gasteiger partial charge in [-0.2, -0.15) is 0 Å². The van der Waals surface area contributed by atoms with Crippen LogP contribution in [-0.4, -0.2) is 50.6 Å². The quantitative estimate of drug-likeness (QED) is 0.472. The number of benzene rings is 2. The Morgan fingerprint density at radius 2 is 1.72 bits per heavy atom. The van der Waals surface area contributed by atoms with Gasteiger partial charge in [0.25, 0.3) is 0 Å². The fourth-order valence-corrected chi connectivity index (χ4v) is 4.08. The third kappa shape index (κ3) is 7.42. The number of amides is 1. The van der Waals surface area contributed by atoms with Crippen molar-refractivity contribution in [1.82, 2.24) is 4.90 Å². The minimum Gasteiger partial charge on any atom is -0.495 e. The van der Waals surface area contributed by atoms with Gasteiger partial charge in [-0.3, -0.25) is 9.69 Å². The molecule has 176 valence electrons. The molecule has 6 heteroatoms. The van der Waals surface area contributed by atoms with E-state index >= 15 is 0 Å². The second-order valence-electron chi connectivity index (χ2n) is 8.44. The Bertz CT molecular complexity index is 820. The normalized spacial score (nSPS) is 15.0. The van der Waals surface area contributed by atoms with Gasteiger partial charge in [0.05, 0.1) is 12.8 Å². The molecule has 0 spiro atoms. The fourth-order valence-electron chi connectivity index (χ4n) is 4.08. The smallest absolute Gasteiger partial charge is 0.224 e. The average Bonchev–Trinajstić information content (AvgIpc) is 2.82. The van der Waals surface area contributed by atoms with E-state index in [1.54, 1.807) is 7.11 Å². The third-order valence-corrected chi connectivity index (χ3v) is 6.30. The molecule has 3 rings (SSSR count). The number of rotatable bonds is 10. The number of ether oxygens (including phenoxy) is 1. The second-order valence-corrected chi connectivity index (χ2v) is 8.44. The number of methoxy groups -OCH3 is 1. The van der Waals surface area contributed by atoms with Crippen molar-refractivity contribution in [2.24, 2.45) is 0 Å². The molecule has 0 bridgehead atoms. The molecule has 2 aromatic rings. The van der Waals surface area contributed by atoms with E-state index in [0.717, 1.165) is 63.4 Å². The van der Waals surface area contributed by atoms with Gasteiger partial charge < -0.3 is 15.0 Å². The van der Waals surface area contributed by atoms with Crippen LogP contribution in [0.25, 0.3) is 0 Å². The highest BCUT2D eigenvalue weighted by Gasteiger charge is 2.19. The van der Waals surface area contributed by atoms with Crippen molar-refractivity contribution in [3.8, 4) is 5.75 Å².